The molecule has 1 aromatic heterocycles. The summed E-state index contributed by atoms with van der Waals surface area (Å²) in [5.41, 5.74) is 0.920. The predicted octanol–water partition coefficient (Wildman–Crippen LogP) is 3.31. The Morgan fingerprint density at radius 3 is 2.57 bits per heavy atom. The molecule has 0 amide bonds. The summed E-state index contributed by atoms with van der Waals surface area (Å²) in [5.74, 6) is -0.386. The molecule has 148 valence electrons. The fraction of sp³-hybridized carbons (Fsp3) is 0.368. The Hall–Kier alpha value is -2.71. The van der Waals surface area contributed by atoms with Crippen LogP contribution in [0.25, 0.3) is 0 Å². The number of aromatic nitrogens is 1. The molecule has 9 heteroatoms. The van der Waals surface area contributed by atoms with Gasteiger partial charge in [-0.25, -0.2) is 9.78 Å². The van der Waals surface area contributed by atoms with Gasteiger partial charge in [-0.3, -0.25) is 15.0 Å². The summed E-state index contributed by atoms with van der Waals surface area (Å²) in [5, 5.41) is 12.2. The Bertz CT molecular complexity index is 884. The van der Waals surface area contributed by atoms with Crippen LogP contribution in [-0.2, 0) is 4.74 Å². The third-order valence-corrected chi connectivity index (χ3v) is 5.33. The second-order valence-corrected chi connectivity index (χ2v) is 6.94. The molecular weight excluding hydrogens is 384 g/mol. The zero-order valence-corrected chi connectivity index (χ0v) is 16.4. The first kappa shape index (κ1) is 20.0. The van der Waals surface area contributed by atoms with Gasteiger partial charge < -0.3 is 9.64 Å². The van der Waals surface area contributed by atoms with Gasteiger partial charge in [-0.15, -0.1) is 0 Å². The van der Waals surface area contributed by atoms with Crippen LogP contribution in [0.4, 0.5) is 11.5 Å². The molecule has 0 N–H and O–H groups in total. The van der Waals surface area contributed by atoms with Crippen LogP contribution in [0.5, 0.6) is 0 Å². The molecule has 0 radical (unpaired) electrons. The molecule has 1 fully saturated rings. The molecule has 3 rings (SSSR count). The first-order valence-electron chi connectivity index (χ1n) is 8.88. The molecule has 1 unspecified atom stereocenters. The Balaban J connectivity index is 1.75. The fourth-order valence-electron chi connectivity index (χ4n) is 3.39. The van der Waals surface area contributed by atoms with E-state index in [9.17, 15) is 14.9 Å². The zero-order chi connectivity index (χ0) is 20.3. The number of carbonyl (C=O) groups is 1. The summed E-state index contributed by atoms with van der Waals surface area (Å²) in [4.78, 5) is 30.9. The summed E-state index contributed by atoms with van der Waals surface area (Å²) >= 11 is 6.31. The number of hydrogen-bond acceptors (Lipinski definition) is 7. The van der Waals surface area contributed by atoms with E-state index in [0.29, 0.717) is 26.2 Å². The molecule has 8 nitrogen and oxygen atoms in total. The van der Waals surface area contributed by atoms with Crippen LogP contribution in [0, 0.1) is 10.1 Å². The lowest BCUT2D eigenvalue weighted by Gasteiger charge is -2.38. The molecule has 0 aliphatic carbocycles. The summed E-state index contributed by atoms with van der Waals surface area (Å²) in [7, 11) is 1.22. The number of nitro groups is 1. The second kappa shape index (κ2) is 8.53. The lowest BCUT2D eigenvalue weighted by atomic mass is 10.1. The highest BCUT2D eigenvalue weighted by molar-refractivity contribution is 6.31. The Morgan fingerprint density at radius 1 is 1.29 bits per heavy atom. The minimum absolute atomic E-state index is 0.0592. The summed E-state index contributed by atoms with van der Waals surface area (Å²) in [6, 6.07) is 9.11. The van der Waals surface area contributed by atoms with Crippen molar-refractivity contribution in [2.24, 2.45) is 0 Å². The maximum atomic E-state index is 11.6. The topological polar surface area (TPSA) is 88.8 Å². The number of rotatable bonds is 5. The molecule has 1 aliphatic heterocycles. The maximum Gasteiger partial charge on any atom is 0.339 e. The van der Waals surface area contributed by atoms with E-state index in [-0.39, 0.29) is 23.1 Å². The molecule has 0 spiro atoms. The second-order valence-electron chi connectivity index (χ2n) is 6.54. The third-order valence-electron chi connectivity index (χ3n) is 4.98. The molecule has 0 bridgehead atoms. The first-order valence-corrected chi connectivity index (χ1v) is 9.26. The highest BCUT2D eigenvalue weighted by Gasteiger charge is 2.29. The number of anilines is 1. The van der Waals surface area contributed by atoms with Gasteiger partial charge in [-0.05, 0) is 18.6 Å². The number of esters is 1. The van der Waals surface area contributed by atoms with E-state index in [1.807, 2.05) is 29.2 Å². The van der Waals surface area contributed by atoms with Gasteiger partial charge in [0.2, 0.25) is 5.82 Å². The number of ether oxygens (including phenoxy) is 1. The van der Waals surface area contributed by atoms with Gasteiger partial charge in [0.15, 0.2) is 0 Å². The Kier molecular flexibility index (Phi) is 6.11. The van der Waals surface area contributed by atoms with Crippen molar-refractivity contribution in [1.29, 1.82) is 0 Å². The van der Waals surface area contributed by atoms with Crippen molar-refractivity contribution in [1.82, 2.24) is 9.88 Å². The Morgan fingerprint density at radius 2 is 1.96 bits per heavy atom. The normalized spacial score (nSPS) is 15.9. The van der Waals surface area contributed by atoms with E-state index in [1.54, 1.807) is 0 Å². The predicted molar refractivity (Wildman–Crippen MR) is 106 cm³/mol. The highest BCUT2D eigenvalue weighted by atomic mass is 35.5. The van der Waals surface area contributed by atoms with E-state index in [2.05, 4.69) is 21.5 Å². The van der Waals surface area contributed by atoms with E-state index < -0.39 is 10.9 Å². The van der Waals surface area contributed by atoms with Crippen molar-refractivity contribution >= 4 is 29.1 Å². The van der Waals surface area contributed by atoms with Gasteiger partial charge in [0.1, 0.15) is 0 Å². The monoisotopic (exact) mass is 404 g/mol. The van der Waals surface area contributed by atoms with Gasteiger partial charge in [0.25, 0.3) is 0 Å². The van der Waals surface area contributed by atoms with Gasteiger partial charge in [0, 0.05) is 49.5 Å². The average molecular weight is 405 g/mol. The summed E-state index contributed by atoms with van der Waals surface area (Å²) in [6.07, 6.45) is 1.31. The van der Waals surface area contributed by atoms with E-state index in [0.717, 1.165) is 10.6 Å². The Labute approximate surface area is 167 Å². The standard InChI is InChI=1S/C19H21ClN4O4/c1-13(15-5-3-4-6-16(15)20)22-7-9-23(10-8-22)18-17(24(26)27)11-14(12-21-18)19(25)28-2/h3-6,11-13H,7-10H2,1-2H3. The molecule has 28 heavy (non-hydrogen) atoms. The third kappa shape index (κ3) is 4.07. The highest BCUT2D eigenvalue weighted by Crippen LogP contribution is 2.31. The molecule has 1 aromatic carbocycles. The van der Waals surface area contributed by atoms with E-state index in [4.69, 9.17) is 11.6 Å². The van der Waals surface area contributed by atoms with Gasteiger partial charge in [-0.2, -0.15) is 0 Å². The smallest absolute Gasteiger partial charge is 0.339 e. The number of halogens is 1. The van der Waals surface area contributed by atoms with Crippen molar-refractivity contribution in [3.05, 3.63) is 62.8 Å². The molecular formula is C19H21ClN4O4. The molecule has 0 saturated carbocycles. The van der Waals surface area contributed by atoms with E-state index in [1.165, 1.54) is 19.4 Å². The van der Waals surface area contributed by atoms with Crippen LogP contribution in [-0.4, -0.2) is 54.1 Å². The first-order chi connectivity index (χ1) is 13.4. The quantitative estimate of drug-likeness (QED) is 0.429. The number of piperazine rings is 1. The number of benzene rings is 1. The average Bonchev–Trinajstić information content (AvgIpc) is 2.72. The minimum Gasteiger partial charge on any atom is -0.465 e. The van der Waals surface area contributed by atoms with Crippen molar-refractivity contribution in [2.75, 3.05) is 38.2 Å². The number of nitrogens with zero attached hydrogens (tertiary/aromatic N) is 4. The summed E-state index contributed by atoms with van der Waals surface area (Å²) < 4.78 is 4.62. The largest absolute Gasteiger partial charge is 0.465 e. The maximum absolute atomic E-state index is 11.6. The van der Waals surface area contributed by atoms with Crippen molar-refractivity contribution in [3.8, 4) is 0 Å². The zero-order valence-electron chi connectivity index (χ0n) is 15.7. The SMILES string of the molecule is COC(=O)c1cnc(N2CCN(C(C)c3ccccc3Cl)CC2)c([N+](=O)[O-])c1. The fourth-order valence-corrected chi connectivity index (χ4v) is 3.68. The van der Waals surface area contributed by atoms with Crippen LogP contribution in [0.2, 0.25) is 5.02 Å². The number of carbonyl (C=O) groups excluding carboxylic acids is 1. The number of pyridine rings is 1. The van der Waals surface area contributed by atoms with Crippen molar-refractivity contribution in [3.63, 3.8) is 0 Å². The van der Waals surface area contributed by atoms with Crippen molar-refractivity contribution < 1.29 is 14.5 Å². The van der Waals surface area contributed by atoms with Crippen LogP contribution >= 0.6 is 11.6 Å². The van der Waals surface area contributed by atoms with Gasteiger partial charge >= 0.3 is 11.7 Å². The van der Waals surface area contributed by atoms with Gasteiger partial charge in [0.05, 0.1) is 17.6 Å². The van der Waals surface area contributed by atoms with Crippen LogP contribution < -0.4 is 4.90 Å². The number of hydrogen-bond donors (Lipinski definition) is 0. The molecule has 2 heterocycles. The minimum atomic E-state index is -0.652. The van der Waals surface area contributed by atoms with Crippen molar-refractivity contribution in [2.45, 2.75) is 13.0 Å². The molecule has 1 saturated heterocycles. The van der Waals surface area contributed by atoms with E-state index >= 15 is 0 Å². The lowest BCUT2D eigenvalue weighted by Crippen LogP contribution is -2.47. The number of methoxy groups -OCH3 is 1. The van der Waals surface area contributed by atoms with Gasteiger partial charge in [-0.1, -0.05) is 29.8 Å². The molecule has 2 aromatic rings. The molecule has 1 atom stereocenters. The molecule has 1 aliphatic rings. The lowest BCUT2D eigenvalue weighted by molar-refractivity contribution is -0.384. The van der Waals surface area contributed by atoms with Crippen LogP contribution in [0.3, 0.4) is 0 Å². The van der Waals surface area contributed by atoms with Crippen LogP contribution in [0.1, 0.15) is 28.9 Å². The summed E-state index contributed by atoms with van der Waals surface area (Å²) in [6.45, 7) is 4.69. The van der Waals surface area contributed by atoms with Crippen LogP contribution in [0.15, 0.2) is 36.5 Å².